The molecule has 1 amide bonds. The molecule has 3 nitrogen and oxygen atoms in total. The van der Waals surface area contributed by atoms with Gasteiger partial charge in [0.2, 0.25) is 0 Å². The van der Waals surface area contributed by atoms with Crippen LogP contribution in [-0.4, -0.2) is 12.0 Å². The van der Waals surface area contributed by atoms with E-state index in [4.69, 9.17) is 4.74 Å². The standard InChI is InChI=1S/C20H25NO2/c1-6-17-9-7-8-14(3)19(17)21-20(22)16(5)23-18-11-10-13(2)15(4)12-18/h7-12,16H,6H2,1-5H3,(H,21,22)/t16-/m1/s1. The van der Waals surface area contributed by atoms with Gasteiger partial charge in [0.05, 0.1) is 0 Å². The maximum atomic E-state index is 12.5. The monoisotopic (exact) mass is 311 g/mol. The molecule has 0 spiro atoms. The van der Waals surface area contributed by atoms with Gasteiger partial charge in [-0.15, -0.1) is 0 Å². The molecule has 23 heavy (non-hydrogen) atoms. The van der Waals surface area contributed by atoms with E-state index in [-0.39, 0.29) is 5.91 Å². The Bertz CT molecular complexity index is 707. The number of anilines is 1. The largest absolute Gasteiger partial charge is 0.481 e. The number of amides is 1. The van der Waals surface area contributed by atoms with Crippen molar-refractivity contribution in [2.75, 3.05) is 5.32 Å². The summed E-state index contributed by atoms with van der Waals surface area (Å²) in [5.41, 5.74) is 5.47. The van der Waals surface area contributed by atoms with E-state index >= 15 is 0 Å². The number of hydrogen-bond acceptors (Lipinski definition) is 2. The summed E-state index contributed by atoms with van der Waals surface area (Å²) in [5, 5.41) is 3.01. The number of aryl methyl sites for hydroxylation is 4. The van der Waals surface area contributed by atoms with Gasteiger partial charge in [0.1, 0.15) is 5.75 Å². The molecule has 122 valence electrons. The fourth-order valence-electron chi connectivity index (χ4n) is 2.47. The van der Waals surface area contributed by atoms with Gasteiger partial charge in [-0.1, -0.05) is 31.2 Å². The van der Waals surface area contributed by atoms with E-state index in [2.05, 4.69) is 19.2 Å². The van der Waals surface area contributed by atoms with E-state index in [0.717, 1.165) is 34.5 Å². The minimum absolute atomic E-state index is 0.132. The summed E-state index contributed by atoms with van der Waals surface area (Å²) in [6.45, 7) is 9.95. The highest BCUT2D eigenvalue weighted by molar-refractivity contribution is 5.95. The van der Waals surface area contributed by atoms with Crippen LogP contribution in [0.1, 0.15) is 36.1 Å². The van der Waals surface area contributed by atoms with Crippen LogP contribution in [0.5, 0.6) is 5.75 Å². The van der Waals surface area contributed by atoms with Gasteiger partial charge in [0.25, 0.3) is 5.91 Å². The zero-order valence-electron chi connectivity index (χ0n) is 14.6. The van der Waals surface area contributed by atoms with Gasteiger partial charge in [-0.25, -0.2) is 0 Å². The molecule has 0 fully saturated rings. The summed E-state index contributed by atoms with van der Waals surface area (Å²) >= 11 is 0. The Labute approximate surface area is 138 Å². The molecule has 2 aromatic carbocycles. The molecule has 1 atom stereocenters. The summed E-state index contributed by atoms with van der Waals surface area (Å²) in [6.07, 6.45) is 0.324. The molecule has 0 aliphatic rings. The molecular formula is C20H25NO2. The van der Waals surface area contributed by atoms with Crippen LogP contribution in [-0.2, 0) is 11.2 Å². The van der Waals surface area contributed by atoms with Crippen LogP contribution in [0.2, 0.25) is 0 Å². The summed E-state index contributed by atoms with van der Waals surface area (Å²) in [6, 6.07) is 11.9. The SMILES string of the molecule is CCc1cccc(C)c1NC(=O)[C@@H](C)Oc1ccc(C)c(C)c1. The first-order valence-electron chi connectivity index (χ1n) is 8.05. The molecule has 1 N–H and O–H groups in total. The lowest BCUT2D eigenvalue weighted by molar-refractivity contribution is -0.122. The molecule has 0 heterocycles. The molecule has 3 heteroatoms. The molecule has 0 saturated carbocycles. The Morgan fingerprint density at radius 3 is 2.48 bits per heavy atom. The van der Waals surface area contributed by atoms with Gasteiger partial charge in [-0.05, 0) is 68.5 Å². The van der Waals surface area contributed by atoms with Crippen molar-refractivity contribution < 1.29 is 9.53 Å². The second-order valence-corrected chi connectivity index (χ2v) is 5.96. The third kappa shape index (κ3) is 4.13. The van der Waals surface area contributed by atoms with Crippen LogP contribution < -0.4 is 10.1 Å². The van der Waals surface area contributed by atoms with Gasteiger partial charge >= 0.3 is 0 Å². The number of hydrogen-bond donors (Lipinski definition) is 1. The Hall–Kier alpha value is -2.29. The zero-order valence-corrected chi connectivity index (χ0v) is 14.6. The van der Waals surface area contributed by atoms with Crippen LogP contribution >= 0.6 is 0 Å². The second kappa shape index (κ2) is 7.32. The van der Waals surface area contributed by atoms with Crippen molar-refractivity contribution in [2.45, 2.75) is 47.1 Å². The quantitative estimate of drug-likeness (QED) is 0.877. The molecule has 0 saturated heterocycles. The Kier molecular flexibility index (Phi) is 5.43. The smallest absolute Gasteiger partial charge is 0.265 e. The molecule has 0 aliphatic heterocycles. The Morgan fingerprint density at radius 2 is 1.83 bits per heavy atom. The predicted octanol–water partition coefficient (Wildman–Crippen LogP) is 4.58. The highest BCUT2D eigenvalue weighted by Gasteiger charge is 2.17. The fraction of sp³-hybridized carbons (Fsp3) is 0.350. The Balaban J connectivity index is 2.10. The topological polar surface area (TPSA) is 38.3 Å². The molecule has 0 aromatic heterocycles. The van der Waals surface area contributed by atoms with Gasteiger partial charge in [-0.3, -0.25) is 4.79 Å². The lowest BCUT2D eigenvalue weighted by Gasteiger charge is -2.18. The number of carbonyl (C=O) groups excluding carboxylic acids is 1. The summed E-state index contributed by atoms with van der Waals surface area (Å²) in [7, 11) is 0. The third-order valence-electron chi connectivity index (χ3n) is 4.15. The molecular weight excluding hydrogens is 286 g/mol. The van der Waals surface area contributed by atoms with E-state index in [1.165, 1.54) is 5.56 Å². The van der Waals surface area contributed by atoms with E-state index in [0.29, 0.717) is 0 Å². The zero-order chi connectivity index (χ0) is 17.0. The fourth-order valence-corrected chi connectivity index (χ4v) is 2.47. The van der Waals surface area contributed by atoms with E-state index in [1.807, 2.05) is 50.2 Å². The highest BCUT2D eigenvalue weighted by Crippen LogP contribution is 2.22. The minimum atomic E-state index is -0.554. The predicted molar refractivity (Wildman–Crippen MR) is 95.2 cm³/mol. The van der Waals surface area contributed by atoms with Crippen molar-refractivity contribution in [3.63, 3.8) is 0 Å². The maximum absolute atomic E-state index is 12.5. The van der Waals surface area contributed by atoms with E-state index < -0.39 is 6.10 Å². The van der Waals surface area contributed by atoms with E-state index in [1.54, 1.807) is 6.92 Å². The average molecular weight is 311 g/mol. The van der Waals surface area contributed by atoms with Gasteiger partial charge in [0.15, 0.2) is 6.10 Å². The van der Waals surface area contributed by atoms with E-state index in [9.17, 15) is 4.79 Å². The van der Waals surface area contributed by atoms with Gasteiger partial charge in [-0.2, -0.15) is 0 Å². The van der Waals surface area contributed by atoms with Crippen molar-refractivity contribution in [1.29, 1.82) is 0 Å². The van der Waals surface area contributed by atoms with Crippen LogP contribution in [0.3, 0.4) is 0 Å². The number of rotatable bonds is 5. The molecule has 0 unspecified atom stereocenters. The molecule has 2 aromatic rings. The maximum Gasteiger partial charge on any atom is 0.265 e. The minimum Gasteiger partial charge on any atom is -0.481 e. The van der Waals surface area contributed by atoms with Crippen LogP contribution in [0, 0.1) is 20.8 Å². The first-order valence-corrected chi connectivity index (χ1v) is 8.05. The van der Waals surface area contributed by atoms with Gasteiger partial charge < -0.3 is 10.1 Å². The van der Waals surface area contributed by atoms with Crippen molar-refractivity contribution in [2.24, 2.45) is 0 Å². The number of ether oxygens (including phenoxy) is 1. The molecule has 0 radical (unpaired) electrons. The third-order valence-corrected chi connectivity index (χ3v) is 4.15. The van der Waals surface area contributed by atoms with Crippen molar-refractivity contribution >= 4 is 11.6 Å². The van der Waals surface area contributed by atoms with Crippen molar-refractivity contribution in [3.8, 4) is 5.75 Å². The van der Waals surface area contributed by atoms with Crippen molar-refractivity contribution in [3.05, 3.63) is 58.7 Å². The molecule has 0 bridgehead atoms. The summed E-state index contributed by atoms with van der Waals surface area (Å²) < 4.78 is 5.79. The number of nitrogens with one attached hydrogen (secondary N) is 1. The number of para-hydroxylation sites is 1. The number of benzene rings is 2. The molecule has 2 rings (SSSR count). The lowest BCUT2D eigenvalue weighted by atomic mass is 10.1. The highest BCUT2D eigenvalue weighted by atomic mass is 16.5. The van der Waals surface area contributed by atoms with Crippen molar-refractivity contribution in [1.82, 2.24) is 0 Å². The summed E-state index contributed by atoms with van der Waals surface area (Å²) in [4.78, 5) is 12.5. The first kappa shape index (κ1) is 17.1. The van der Waals surface area contributed by atoms with Crippen LogP contribution in [0.15, 0.2) is 36.4 Å². The van der Waals surface area contributed by atoms with Crippen LogP contribution in [0.25, 0.3) is 0 Å². The normalized spacial score (nSPS) is 11.9. The number of carbonyl (C=O) groups is 1. The second-order valence-electron chi connectivity index (χ2n) is 5.96. The van der Waals surface area contributed by atoms with Crippen LogP contribution in [0.4, 0.5) is 5.69 Å². The lowest BCUT2D eigenvalue weighted by Crippen LogP contribution is -2.30. The average Bonchev–Trinajstić information content (AvgIpc) is 2.52. The molecule has 0 aliphatic carbocycles. The summed E-state index contributed by atoms with van der Waals surface area (Å²) in [5.74, 6) is 0.587. The Morgan fingerprint density at radius 1 is 1.09 bits per heavy atom. The first-order chi connectivity index (χ1) is 10.9. The van der Waals surface area contributed by atoms with Gasteiger partial charge in [0, 0.05) is 5.69 Å².